The molecule has 1 fully saturated rings. The fraction of sp³-hybridized carbons (Fsp3) is 0.500. The van der Waals surface area contributed by atoms with E-state index in [9.17, 15) is 15.0 Å². The second-order valence-corrected chi connectivity index (χ2v) is 7.27. The maximum absolute atomic E-state index is 12.2. The average Bonchev–Trinajstić information content (AvgIpc) is 2.86. The third-order valence-electron chi connectivity index (χ3n) is 6.33. The molecule has 5 nitrogen and oxygen atoms in total. The van der Waals surface area contributed by atoms with Gasteiger partial charge in [-0.2, -0.15) is 0 Å². The van der Waals surface area contributed by atoms with Crippen LogP contribution in [-0.2, 0) is 16.6 Å². The number of benzene rings is 1. The quantitative estimate of drug-likeness (QED) is 0.669. The first kappa shape index (κ1) is 13.6. The lowest BCUT2D eigenvalue weighted by Gasteiger charge is -2.55. The van der Waals surface area contributed by atoms with Crippen molar-refractivity contribution in [1.29, 1.82) is 0 Å². The number of nitrogens with one attached hydrogen (secondary N) is 1. The molecule has 0 saturated carbocycles. The Morgan fingerprint density at radius 3 is 3.04 bits per heavy atom. The van der Waals surface area contributed by atoms with Crippen LogP contribution >= 0.6 is 0 Å². The molecule has 0 unspecified atom stereocenters. The molecule has 1 saturated heterocycles. The Labute approximate surface area is 134 Å². The van der Waals surface area contributed by atoms with Crippen LogP contribution in [0.2, 0.25) is 0 Å². The first-order valence-corrected chi connectivity index (χ1v) is 8.16. The van der Waals surface area contributed by atoms with Gasteiger partial charge >= 0.3 is 0 Å². The number of hydrogen-bond acceptors (Lipinski definition) is 5. The zero-order valence-electron chi connectivity index (χ0n) is 12.9. The van der Waals surface area contributed by atoms with Crippen LogP contribution in [0.25, 0.3) is 0 Å². The zero-order chi connectivity index (χ0) is 16.0. The van der Waals surface area contributed by atoms with Gasteiger partial charge in [0.25, 0.3) is 0 Å². The smallest absolute Gasteiger partial charge is 0.178 e. The van der Waals surface area contributed by atoms with Gasteiger partial charge in [0.1, 0.15) is 6.10 Å². The number of Topliss-reactive ketones (excluding diaryl/α,β-unsaturated/α-hetero) is 1. The van der Waals surface area contributed by atoms with Crippen molar-refractivity contribution in [3.8, 4) is 11.5 Å². The molecule has 1 spiro atoms. The summed E-state index contributed by atoms with van der Waals surface area (Å²) in [7, 11) is 0. The Morgan fingerprint density at radius 2 is 2.26 bits per heavy atom. The number of rotatable bonds is 1. The van der Waals surface area contributed by atoms with Gasteiger partial charge in [-0.25, -0.2) is 0 Å². The molecule has 23 heavy (non-hydrogen) atoms. The predicted octanol–water partition coefficient (Wildman–Crippen LogP) is 0.815. The third kappa shape index (κ3) is 1.35. The summed E-state index contributed by atoms with van der Waals surface area (Å²) < 4.78 is 6.09. The minimum Gasteiger partial charge on any atom is -0.504 e. The summed E-state index contributed by atoms with van der Waals surface area (Å²) in [5.74, 6) is 0.396. The minimum absolute atomic E-state index is 0.0918. The van der Waals surface area contributed by atoms with E-state index in [4.69, 9.17) is 4.74 Å². The third-order valence-corrected chi connectivity index (χ3v) is 6.33. The monoisotopic (exact) mass is 313 g/mol. The van der Waals surface area contributed by atoms with Crippen molar-refractivity contribution in [2.75, 3.05) is 6.54 Å². The SMILES string of the molecule is CC(=O)[C@]1(O)C=C[C@H]2[C@H]3Cc4ccc(O)c5c4[C@@]2(CCN3)[C@H]1O5. The Morgan fingerprint density at radius 1 is 1.43 bits per heavy atom. The molecule has 1 aromatic carbocycles. The molecule has 1 aromatic rings. The van der Waals surface area contributed by atoms with Crippen LogP contribution in [0.3, 0.4) is 0 Å². The number of aliphatic hydroxyl groups is 1. The Kier molecular flexibility index (Phi) is 2.34. The minimum atomic E-state index is -1.64. The molecule has 0 aromatic heterocycles. The standard InChI is InChI=1S/C18H19NO4/c1-9(20)18(22)5-4-11-12-8-10-2-3-13(21)15-14(10)17(11,6-7-19-12)16(18)23-15/h2-5,11-12,16,19,21-22H,6-8H2,1H3/t11-,12+,16+,17-,18+/m0/s1. The maximum atomic E-state index is 12.2. The molecule has 5 atom stereocenters. The molecule has 0 radical (unpaired) electrons. The number of phenolic OH excluding ortho intramolecular Hbond substituents is 1. The Bertz CT molecular complexity index is 773. The molecule has 5 heteroatoms. The summed E-state index contributed by atoms with van der Waals surface area (Å²) in [6.45, 7) is 2.22. The lowest BCUT2D eigenvalue weighted by atomic mass is 9.51. The van der Waals surface area contributed by atoms with E-state index in [0.717, 1.165) is 30.5 Å². The van der Waals surface area contributed by atoms with E-state index in [1.165, 1.54) is 6.92 Å². The van der Waals surface area contributed by atoms with Gasteiger partial charge in [-0.15, -0.1) is 0 Å². The van der Waals surface area contributed by atoms with Crippen LogP contribution in [0.5, 0.6) is 11.5 Å². The second kappa shape index (κ2) is 3.97. The predicted molar refractivity (Wildman–Crippen MR) is 82.6 cm³/mol. The molecule has 3 N–H and O–H groups in total. The Hall–Kier alpha value is -1.85. The highest BCUT2D eigenvalue weighted by Crippen LogP contribution is 2.62. The number of hydrogen-bond donors (Lipinski definition) is 3. The topological polar surface area (TPSA) is 78.8 Å². The largest absolute Gasteiger partial charge is 0.504 e. The molecule has 2 heterocycles. The van der Waals surface area contributed by atoms with Gasteiger partial charge in [0.15, 0.2) is 22.9 Å². The number of ketones is 1. The van der Waals surface area contributed by atoms with Crippen LogP contribution in [0.15, 0.2) is 24.3 Å². The van der Waals surface area contributed by atoms with Gasteiger partial charge in [0.05, 0.1) is 0 Å². The molecule has 120 valence electrons. The normalized spacial score (nSPS) is 42.1. The summed E-state index contributed by atoms with van der Waals surface area (Å²) in [5, 5.41) is 24.9. The van der Waals surface area contributed by atoms with Crippen LogP contribution in [0.4, 0.5) is 0 Å². The summed E-state index contributed by atoms with van der Waals surface area (Å²) >= 11 is 0. The van der Waals surface area contributed by atoms with Gasteiger partial charge < -0.3 is 20.3 Å². The molecule has 2 aliphatic heterocycles. The van der Waals surface area contributed by atoms with E-state index in [0.29, 0.717) is 5.75 Å². The molecular formula is C18H19NO4. The van der Waals surface area contributed by atoms with Crippen molar-refractivity contribution in [3.63, 3.8) is 0 Å². The highest BCUT2D eigenvalue weighted by atomic mass is 16.5. The van der Waals surface area contributed by atoms with E-state index in [1.807, 2.05) is 12.1 Å². The average molecular weight is 313 g/mol. The molecule has 2 aliphatic carbocycles. The molecular weight excluding hydrogens is 294 g/mol. The first-order valence-electron chi connectivity index (χ1n) is 8.16. The van der Waals surface area contributed by atoms with Gasteiger partial charge in [-0.3, -0.25) is 4.79 Å². The van der Waals surface area contributed by atoms with Crippen molar-refractivity contribution in [1.82, 2.24) is 5.32 Å². The van der Waals surface area contributed by atoms with Crippen molar-refractivity contribution in [2.24, 2.45) is 5.92 Å². The lowest BCUT2D eigenvalue weighted by molar-refractivity contribution is -0.146. The Balaban J connectivity index is 1.85. The van der Waals surface area contributed by atoms with Crippen molar-refractivity contribution < 1.29 is 19.7 Å². The summed E-state index contributed by atoms with van der Waals surface area (Å²) in [4.78, 5) is 12.2. The number of carbonyl (C=O) groups excluding carboxylic acids is 1. The van der Waals surface area contributed by atoms with E-state index < -0.39 is 17.1 Å². The van der Waals surface area contributed by atoms with Crippen LogP contribution in [-0.4, -0.2) is 40.3 Å². The second-order valence-electron chi connectivity index (χ2n) is 7.27. The summed E-state index contributed by atoms with van der Waals surface area (Å²) in [6, 6.07) is 3.87. The fourth-order valence-electron chi connectivity index (χ4n) is 5.34. The van der Waals surface area contributed by atoms with E-state index >= 15 is 0 Å². The fourth-order valence-corrected chi connectivity index (χ4v) is 5.34. The molecule has 4 aliphatic rings. The number of carbonyl (C=O) groups is 1. The summed E-state index contributed by atoms with van der Waals surface area (Å²) in [5.41, 5.74) is 0.0785. The van der Waals surface area contributed by atoms with Gasteiger partial charge in [0.2, 0.25) is 0 Å². The van der Waals surface area contributed by atoms with E-state index in [1.54, 1.807) is 12.1 Å². The van der Waals surface area contributed by atoms with Crippen molar-refractivity contribution in [3.05, 3.63) is 35.4 Å². The van der Waals surface area contributed by atoms with Gasteiger partial charge in [-0.1, -0.05) is 12.1 Å². The van der Waals surface area contributed by atoms with Crippen LogP contribution in [0.1, 0.15) is 24.5 Å². The van der Waals surface area contributed by atoms with Crippen molar-refractivity contribution >= 4 is 5.78 Å². The number of phenols is 1. The lowest BCUT2D eigenvalue weighted by Crippen LogP contribution is -2.69. The van der Waals surface area contributed by atoms with Crippen LogP contribution in [0, 0.1) is 5.92 Å². The summed E-state index contributed by atoms with van der Waals surface area (Å²) in [6.07, 6.45) is 4.57. The zero-order valence-corrected chi connectivity index (χ0v) is 12.9. The molecule has 2 bridgehead atoms. The van der Waals surface area contributed by atoms with Gasteiger partial charge in [0, 0.05) is 22.9 Å². The number of piperidine rings is 1. The number of aromatic hydroxyl groups is 1. The highest BCUT2D eigenvalue weighted by molar-refractivity contribution is 5.89. The van der Waals surface area contributed by atoms with Crippen molar-refractivity contribution in [2.45, 2.75) is 42.9 Å². The number of ether oxygens (including phenoxy) is 1. The van der Waals surface area contributed by atoms with Crippen LogP contribution < -0.4 is 10.1 Å². The van der Waals surface area contributed by atoms with E-state index in [-0.39, 0.29) is 23.5 Å². The highest BCUT2D eigenvalue weighted by Gasteiger charge is 2.68. The van der Waals surface area contributed by atoms with E-state index in [2.05, 4.69) is 5.32 Å². The van der Waals surface area contributed by atoms with Gasteiger partial charge in [-0.05, 0) is 44.0 Å². The maximum Gasteiger partial charge on any atom is 0.178 e. The molecule has 0 amide bonds. The first-order chi connectivity index (χ1) is 11.0. The molecule has 5 rings (SSSR count).